The number of ether oxygens (including phenoxy) is 2. The molecule has 0 radical (unpaired) electrons. The summed E-state index contributed by atoms with van der Waals surface area (Å²) in [5.41, 5.74) is 0. The Balaban J connectivity index is 2.21. The highest BCUT2D eigenvalue weighted by Crippen LogP contribution is 2.14. The lowest BCUT2D eigenvalue weighted by Gasteiger charge is -2.07. The van der Waals surface area contributed by atoms with Crippen LogP contribution in [0.4, 0.5) is 4.39 Å². The number of amides is 1. The van der Waals surface area contributed by atoms with Crippen molar-refractivity contribution in [3.05, 3.63) is 30.1 Å². The molecule has 4 nitrogen and oxygen atoms in total. The second-order valence-corrected chi connectivity index (χ2v) is 3.06. The van der Waals surface area contributed by atoms with Crippen molar-refractivity contribution in [2.24, 2.45) is 0 Å². The highest BCUT2D eigenvalue weighted by molar-refractivity contribution is 5.77. The van der Waals surface area contributed by atoms with Crippen molar-refractivity contribution in [3.8, 4) is 5.75 Å². The molecular weight excluding hydrogens is 213 g/mol. The van der Waals surface area contributed by atoms with Crippen LogP contribution in [0.5, 0.6) is 5.75 Å². The fraction of sp³-hybridized carbons (Fsp3) is 0.364. The fourth-order valence-electron chi connectivity index (χ4n) is 1.10. The summed E-state index contributed by atoms with van der Waals surface area (Å²) >= 11 is 0. The molecule has 0 saturated heterocycles. The van der Waals surface area contributed by atoms with E-state index in [1.807, 2.05) is 0 Å². The van der Waals surface area contributed by atoms with Crippen LogP contribution in [-0.4, -0.2) is 32.8 Å². The van der Waals surface area contributed by atoms with E-state index in [0.717, 1.165) is 0 Å². The zero-order valence-corrected chi connectivity index (χ0v) is 9.03. The Kier molecular flexibility index (Phi) is 5.28. The lowest BCUT2D eigenvalue weighted by Crippen LogP contribution is -2.30. The van der Waals surface area contributed by atoms with Gasteiger partial charge in [0.15, 0.2) is 11.6 Å². The molecule has 0 unspecified atom stereocenters. The quantitative estimate of drug-likeness (QED) is 0.736. The highest BCUT2D eigenvalue weighted by Gasteiger charge is 2.02. The first kappa shape index (κ1) is 12.4. The van der Waals surface area contributed by atoms with Crippen LogP contribution in [0.1, 0.15) is 0 Å². The summed E-state index contributed by atoms with van der Waals surface area (Å²) in [4.78, 5) is 11.0. The third-order valence-corrected chi connectivity index (χ3v) is 1.79. The van der Waals surface area contributed by atoms with Gasteiger partial charge in [-0.1, -0.05) is 12.1 Å². The van der Waals surface area contributed by atoms with Gasteiger partial charge in [-0.2, -0.15) is 0 Å². The maximum absolute atomic E-state index is 13.1. The van der Waals surface area contributed by atoms with Crippen molar-refractivity contribution in [2.75, 3.05) is 26.9 Å². The minimum atomic E-state index is -0.411. The Morgan fingerprint density at radius 2 is 2.19 bits per heavy atom. The fourth-order valence-corrected chi connectivity index (χ4v) is 1.10. The minimum absolute atomic E-state index is 0.0136. The number of hydrogen-bond donors (Lipinski definition) is 1. The number of carbonyl (C=O) groups is 1. The van der Waals surface area contributed by atoms with E-state index in [1.165, 1.54) is 19.2 Å². The van der Waals surface area contributed by atoms with Gasteiger partial charge in [0.2, 0.25) is 5.91 Å². The lowest BCUT2D eigenvalue weighted by molar-refractivity contribution is -0.124. The Morgan fingerprint density at radius 3 is 2.88 bits per heavy atom. The van der Waals surface area contributed by atoms with Crippen LogP contribution < -0.4 is 10.1 Å². The van der Waals surface area contributed by atoms with E-state index in [4.69, 9.17) is 4.74 Å². The lowest BCUT2D eigenvalue weighted by atomic mass is 10.3. The highest BCUT2D eigenvalue weighted by atomic mass is 19.1. The maximum Gasteiger partial charge on any atom is 0.246 e. The van der Waals surface area contributed by atoms with Gasteiger partial charge in [0.25, 0.3) is 0 Å². The van der Waals surface area contributed by atoms with Gasteiger partial charge in [-0.25, -0.2) is 4.39 Å². The van der Waals surface area contributed by atoms with Gasteiger partial charge in [-0.05, 0) is 12.1 Å². The van der Waals surface area contributed by atoms with E-state index in [1.54, 1.807) is 12.1 Å². The van der Waals surface area contributed by atoms with Crippen molar-refractivity contribution in [1.29, 1.82) is 0 Å². The molecule has 0 aliphatic heterocycles. The molecule has 1 rings (SSSR count). The summed E-state index contributed by atoms with van der Waals surface area (Å²) in [6, 6.07) is 6.12. The standard InChI is InChI=1S/C11H14FNO3/c1-15-8-11(14)13-6-7-16-10-5-3-2-4-9(10)12/h2-5H,6-8H2,1H3,(H,13,14). The van der Waals surface area contributed by atoms with Gasteiger partial charge in [0.1, 0.15) is 13.2 Å². The molecule has 0 aliphatic carbocycles. The number of halogens is 1. The van der Waals surface area contributed by atoms with E-state index in [9.17, 15) is 9.18 Å². The van der Waals surface area contributed by atoms with Crippen LogP contribution in [-0.2, 0) is 9.53 Å². The number of carbonyl (C=O) groups excluding carboxylic acids is 1. The summed E-state index contributed by atoms with van der Waals surface area (Å²) < 4.78 is 22.8. The van der Waals surface area contributed by atoms with Crippen LogP contribution in [0.15, 0.2) is 24.3 Å². The van der Waals surface area contributed by atoms with E-state index < -0.39 is 5.82 Å². The van der Waals surface area contributed by atoms with Gasteiger partial charge in [0.05, 0.1) is 6.54 Å². The third-order valence-electron chi connectivity index (χ3n) is 1.79. The maximum atomic E-state index is 13.1. The van der Waals surface area contributed by atoms with Crippen molar-refractivity contribution < 1.29 is 18.7 Å². The van der Waals surface area contributed by atoms with E-state index in [-0.39, 0.29) is 24.9 Å². The van der Waals surface area contributed by atoms with Crippen molar-refractivity contribution in [2.45, 2.75) is 0 Å². The van der Waals surface area contributed by atoms with Crippen LogP contribution in [0.2, 0.25) is 0 Å². The smallest absolute Gasteiger partial charge is 0.246 e. The molecule has 1 N–H and O–H groups in total. The summed E-state index contributed by atoms with van der Waals surface area (Å²) in [5, 5.41) is 2.56. The predicted molar refractivity (Wildman–Crippen MR) is 56.8 cm³/mol. The molecule has 1 aromatic rings. The van der Waals surface area contributed by atoms with Crippen molar-refractivity contribution in [1.82, 2.24) is 5.32 Å². The van der Waals surface area contributed by atoms with Crippen LogP contribution in [0, 0.1) is 5.82 Å². The van der Waals surface area contributed by atoms with Crippen molar-refractivity contribution >= 4 is 5.91 Å². The molecule has 0 fully saturated rings. The Hall–Kier alpha value is -1.62. The number of nitrogens with one attached hydrogen (secondary N) is 1. The normalized spacial score (nSPS) is 9.88. The molecule has 1 aromatic carbocycles. The van der Waals surface area contributed by atoms with Crippen LogP contribution in [0.3, 0.4) is 0 Å². The largest absolute Gasteiger partial charge is 0.489 e. The monoisotopic (exact) mass is 227 g/mol. The molecule has 0 bridgehead atoms. The molecule has 0 aromatic heterocycles. The average Bonchev–Trinajstić information content (AvgIpc) is 2.27. The van der Waals surface area contributed by atoms with E-state index in [0.29, 0.717) is 6.54 Å². The van der Waals surface area contributed by atoms with E-state index >= 15 is 0 Å². The molecule has 0 aliphatic rings. The van der Waals surface area contributed by atoms with Gasteiger partial charge >= 0.3 is 0 Å². The first-order valence-corrected chi connectivity index (χ1v) is 4.87. The molecule has 0 atom stereocenters. The second kappa shape index (κ2) is 6.79. The Labute approximate surface area is 93.4 Å². The number of para-hydroxylation sites is 1. The van der Waals surface area contributed by atoms with E-state index in [2.05, 4.69) is 10.1 Å². The molecule has 5 heteroatoms. The van der Waals surface area contributed by atoms with Crippen molar-refractivity contribution in [3.63, 3.8) is 0 Å². The summed E-state index contributed by atoms with van der Waals surface area (Å²) in [5.74, 6) is -0.450. The number of rotatable bonds is 6. The Bertz CT molecular complexity index is 344. The first-order valence-electron chi connectivity index (χ1n) is 4.87. The van der Waals surface area contributed by atoms with Crippen LogP contribution >= 0.6 is 0 Å². The van der Waals surface area contributed by atoms with Crippen LogP contribution in [0.25, 0.3) is 0 Å². The molecule has 0 spiro atoms. The number of hydrogen-bond acceptors (Lipinski definition) is 3. The topological polar surface area (TPSA) is 47.6 Å². The molecule has 0 saturated carbocycles. The first-order chi connectivity index (χ1) is 7.74. The molecule has 0 heterocycles. The zero-order chi connectivity index (χ0) is 11.8. The SMILES string of the molecule is COCC(=O)NCCOc1ccccc1F. The molecular formula is C11H14FNO3. The summed E-state index contributed by atoms with van der Waals surface area (Å²) in [7, 11) is 1.44. The minimum Gasteiger partial charge on any atom is -0.489 e. The predicted octanol–water partition coefficient (Wildman–Crippen LogP) is 0.967. The van der Waals surface area contributed by atoms with Gasteiger partial charge < -0.3 is 14.8 Å². The zero-order valence-electron chi connectivity index (χ0n) is 9.03. The third kappa shape index (κ3) is 4.27. The average molecular weight is 227 g/mol. The Morgan fingerprint density at radius 1 is 1.44 bits per heavy atom. The molecule has 88 valence electrons. The van der Waals surface area contributed by atoms with Gasteiger partial charge in [0, 0.05) is 7.11 Å². The molecule has 16 heavy (non-hydrogen) atoms. The van der Waals surface area contributed by atoms with Gasteiger partial charge in [-0.3, -0.25) is 4.79 Å². The molecule has 1 amide bonds. The number of methoxy groups -OCH3 is 1. The number of benzene rings is 1. The summed E-state index contributed by atoms with van der Waals surface area (Å²) in [6.07, 6.45) is 0. The second-order valence-electron chi connectivity index (χ2n) is 3.06. The van der Waals surface area contributed by atoms with Gasteiger partial charge in [-0.15, -0.1) is 0 Å². The summed E-state index contributed by atoms with van der Waals surface area (Å²) in [6.45, 7) is 0.548.